The van der Waals surface area contributed by atoms with Crippen LogP contribution in [0, 0.1) is 0 Å². The fraction of sp³-hybridized carbons (Fsp3) is 0.417. The Morgan fingerprint density at radius 2 is 1.66 bits per heavy atom. The van der Waals surface area contributed by atoms with Gasteiger partial charge in [-0.25, -0.2) is 0 Å². The maximum Gasteiger partial charge on any atom is 0.186 e. The molecule has 0 aliphatic carbocycles. The van der Waals surface area contributed by atoms with Gasteiger partial charge in [0.2, 0.25) is 0 Å². The molecule has 3 rings (SSSR count). The SMILES string of the molecule is C=CCC[C@H](OCc1ccccc1)[C@H]1OC(OC)[C@H](O)[C@H]1OCc1ccccc1. The second-order valence-electron chi connectivity index (χ2n) is 7.16. The van der Waals surface area contributed by atoms with Crippen LogP contribution in [-0.4, -0.2) is 42.9 Å². The standard InChI is InChI=1S/C24H30O5/c1-3-4-15-20(27-16-18-11-7-5-8-12-18)22-23(21(25)24(26-2)29-22)28-17-19-13-9-6-10-14-19/h3,5-14,20-25H,1,4,15-17H2,2H3/t20-,21+,22+,23+,24?/m0/s1. The summed E-state index contributed by atoms with van der Waals surface area (Å²) < 4.78 is 23.7. The first-order chi connectivity index (χ1) is 14.2. The van der Waals surface area contributed by atoms with E-state index >= 15 is 0 Å². The molecule has 1 aliphatic heterocycles. The van der Waals surface area contributed by atoms with Crippen LogP contribution >= 0.6 is 0 Å². The van der Waals surface area contributed by atoms with Gasteiger partial charge in [0.1, 0.15) is 18.3 Å². The van der Waals surface area contributed by atoms with Crippen LogP contribution in [0.1, 0.15) is 24.0 Å². The molecule has 5 atom stereocenters. The van der Waals surface area contributed by atoms with Crippen molar-refractivity contribution in [3.05, 3.63) is 84.4 Å². The predicted octanol–water partition coefficient (Wildman–Crippen LogP) is 3.86. The lowest BCUT2D eigenvalue weighted by atomic mass is 10.0. The maximum atomic E-state index is 10.7. The molecule has 5 nitrogen and oxygen atoms in total. The summed E-state index contributed by atoms with van der Waals surface area (Å²) in [7, 11) is 1.52. The Kier molecular flexibility index (Phi) is 8.40. The van der Waals surface area contributed by atoms with Crippen LogP contribution in [0.4, 0.5) is 0 Å². The minimum Gasteiger partial charge on any atom is -0.385 e. The van der Waals surface area contributed by atoms with Crippen LogP contribution in [-0.2, 0) is 32.2 Å². The van der Waals surface area contributed by atoms with E-state index in [4.69, 9.17) is 18.9 Å². The molecule has 1 saturated heterocycles. The van der Waals surface area contributed by atoms with Crippen molar-refractivity contribution in [3.8, 4) is 0 Å². The average molecular weight is 398 g/mol. The summed E-state index contributed by atoms with van der Waals surface area (Å²) in [5.41, 5.74) is 2.12. The van der Waals surface area contributed by atoms with Crippen LogP contribution in [0.2, 0.25) is 0 Å². The van der Waals surface area contributed by atoms with E-state index in [0.717, 1.165) is 24.0 Å². The molecule has 0 bridgehead atoms. The first-order valence-corrected chi connectivity index (χ1v) is 10.0. The Morgan fingerprint density at radius 3 is 2.24 bits per heavy atom. The second kappa shape index (κ2) is 11.2. The molecule has 156 valence electrons. The summed E-state index contributed by atoms with van der Waals surface area (Å²) in [6.07, 6.45) is 0.468. The normalized spacial score (nSPS) is 25.0. The van der Waals surface area contributed by atoms with Crippen molar-refractivity contribution in [1.82, 2.24) is 0 Å². The van der Waals surface area contributed by atoms with Gasteiger partial charge < -0.3 is 24.1 Å². The summed E-state index contributed by atoms with van der Waals surface area (Å²) >= 11 is 0. The van der Waals surface area contributed by atoms with Crippen molar-refractivity contribution >= 4 is 0 Å². The zero-order valence-corrected chi connectivity index (χ0v) is 16.9. The molecule has 1 unspecified atom stereocenters. The van der Waals surface area contributed by atoms with Gasteiger partial charge in [0.25, 0.3) is 0 Å². The summed E-state index contributed by atoms with van der Waals surface area (Å²) in [6.45, 7) is 4.66. The van der Waals surface area contributed by atoms with E-state index in [2.05, 4.69) is 6.58 Å². The molecule has 1 fully saturated rings. The number of ether oxygens (including phenoxy) is 4. The van der Waals surface area contributed by atoms with Crippen LogP contribution in [0.3, 0.4) is 0 Å². The van der Waals surface area contributed by atoms with E-state index in [9.17, 15) is 5.11 Å². The average Bonchev–Trinajstić information content (AvgIpc) is 3.09. The number of allylic oxidation sites excluding steroid dienone is 1. The van der Waals surface area contributed by atoms with E-state index < -0.39 is 24.6 Å². The Labute approximate surface area is 172 Å². The van der Waals surface area contributed by atoms with Gasteiger partial charge in [-0.2, -0.15) is 0 Å². The fourth-order valence-corrected chi connectivity index (χ4v) is 3.52. The van der Waals surface area contributed by atoms with E-state index in [1.807, 2.05) is 66.7 Å². The van der Waals surface area contributed by atoms with Gasteiger partial charge in [0.15, 0.2) is 6.29 Å². The molecule has 0 spiro atoms. The molecule has 1 aliphatic rings. The van der Waals surface area contributed by atoms with Crippen molar-refractivity contribution in [1.29, 1.82) is 0 Å². The van der Waals surface area contributed by atoms with E-state index in [1.165, 1.54) is 7.11 Å². The van der Waals surface area contributed by atoms with Gasteiger partial charge in [-0.1, -0.05) is 66.7 Å². The Hall–Kier alpha value is -2.02. The molecule has 0 saturated carbocycles. The highest BCUT2D eigenvalue weighted by molar-refractivity contribution is 5.14. The maximum absolute atomic E-state index is 10.7. The first kappa shape index (κ1) is 21.7. The monoisotopic (exact) mass is 398 g/mol. The third-order valence-corrected chi connectivity index (χ3v) is 5.08. The molecule has 1 heterocycles. The highest BCUT2D eigenvalue weighted by Gasteiger charge is 2.48. The number of benzene rings is 2. The zero-order valence-electron chi connectivity index (χ0n) is 16.9. The number of hydrogen-bond donors (Lipinski definition) is 1. The highest BCUT2D eigenvalue weighted by Crippen LogP contribution is 2.31. The minimum absolute atomic E-state index is 0.260. The first-order valence-electron chi connectivity index (χ1n) is 10.0. The van der Waals surface area contributed by atoms with Crippen molar-refractivity contribution in [2.75, 3.05) is 7.11 Å². The molecular formula is C24H30O5. The van der Waals surface area contributed by atoms with Crippen LogP contribution in [0.5, 0.6) is 0 Å². The summed E-state index contributed by atoms with van der Waals surface area (Å²) in [6, 6.07) is 19.9. The Morgan fingerprint density at radius 1 is 1.03 bits per heavy atom. The lowest BCUT2D eigenvalue weighted by Crippen LogP contribution is -2.42. The molecule has 0 radical (unpaired) electrons. The third kappa shape index (κ3) is 5.98. The van der Waals surface area contributed by atoms with Gasteiger partial charge >= 0.3 is 0 Å². The Balaban J connectivity index is 1.71. The topological polar surface area (TPSA) is 57.2 Å². The van der Waals surface area contributed by atoms with Gasteiger partial charge in [-0.3, -0.25) is 0 Å². The van der Waals surface area contributed by atoms with Gasteiger partial charge in [-0.05, 0) is 24.0 Å². The van der Waals surface area contributed by atoms with Crippen LogP contribution in [0.25, 0.3) is 0 Å². The van der Waals surface area contributed by atoms with Gasteiger partial charge in [-0.15, -0.1) is 6.58 Å². The number of aliphatic hydroxyl groups is 1. The summed E-state index contributed by atoms with van der Waals surface area (Å²) in [5.74, 6) is 0. The van der Waals surface area contributed by atoms with Crippen molar-refractivity contribution in [2.24, 2.45) is 0 Å². The minimum atomic E-state index is -0.889. The molecule has 29 heavy (non-hydrogen) atoms. The Bertz CT molecular complexity index is 721. The van der Waals surface area contributed by atoms with Crippen molar-refractivity contribution in [2.45, 2.75) is 56.8 Å². The highest BCUT2D eigenvalue weighted by atomic mass is 16.7. The van der Waals surface area contributed by atoms with E-state index in [0.29, 0.717) is 13.2 Å². The zero-order chi connectivity index (χ0) is 20.5. The lowest BCUT2D eigenvalue weighted by Gasteiger charge is -2.28. The number of rotatable bonds is 11. The van der Waals surface area contributed by atoms with E-state index in [1.54, 1.807) is 0 Å². The number of hydrogen-bond acceptors (Lipinski definition) is 5. The smallest absolute Gasteiger partial charge is 0.186 e. The number of aliphatic hydroxyl groups excluding tert-OH is 1. The molecular weight excluding hydrogens is 368 g/mol. The van der Waals surface area contributed by atoms with Crippen LogP contribution in [0.15, 0.2) is 73.3 Å². The van der Waals surface area contributed by atoms with Crippen LogP contribution < -0.4 is 0 Å². The molecule has 5 heteroatoms. The largest absolute Gasteiger partial charge is 0.385 e. The molecule has 2 aromatic carbocycles. The van der Waals surface area contributed by atoms with E-state index in [-0.39, 0.29) is 6.10 Å². The quantitative estimate of drug-likeness (QED) is 0.583. The third-order valence-electron chi connectivity index (χ3n) is 5.08. The van der Waals surface area contributed by atoms with Gasteiger partial charge in [0, 0.05) is 7.11 Å². The molecule has 0 aromatic heterocycles. The molecule has 2 aromatic rings. The fourth-order valence-electron chi connectivity index (χ4n) is 3.52. The van der Waals surface area contributed by atoms with Gasteiger partial charge in [0.05, 0.1) is 19.3 Å². The molecule has 1 N–H and O–H groups in total. The second-order valence-corrected chi connectivity index (χ2v) is 7.16. The van der Waals surface area contributed by atoms with Crippen molar-refractivity contribution in [3.63, 3.8) is 0 Å². The molecule has 0 amide bonds. The number of methoxy groups -OCH3 is 1. The lowest BCUT2D eigenvalue weighted by molar-refractivity contribution is -0.173. The predicted molar refractivity (Wildman–Crippen MR) is 111 cm³/mol. The summed E-state index contributed by atoms with van der Waals surface area (Å²) in [5, 5.41) is 10.7. The van der Waals surface area contributed by atoms with Crippen molar-refractivity contribution < 1.29 is 24.1 Å². The summed E-state index contributed by atoms with van der Waals surface area (Å²) in [4.78, 5) is 0.